The van der Waals surface area contributed by atoms with Crippen molar-refractivity contribution >= 4 is 6.09 Å². The number of aromatic amines is 1. The monoisotopic (exact) mass is 221 g/mol. The van der Waals surface area contributed by atoms with Crippen LogP contribution < -0.4 is 0 Å². The van der Waals surface area contributed by atoms with E-state index in [2.05, 4.69) is 10.2 Å². The highest BCUT2D eigenvalue weighted by Gasteiger charge is 2.40. The Morgan fingerprint density at radius 2 is 2.50 bits per heavy atom. The van der Waals surface area contributed by atoms with E-state index in [9.17, 15) is 9.90 Å². The number of aromatic nitrogens is 2. The molecule has 1 atom stereocenters. The van der Waals surface area contributed by atoms with Gasteiger partial charge in [-0.05, 0) is 12.8 Å². The summed E-state index contributed by atoms with van der Waals surface area (Å²) in [5.74, 6) is 0. The molecule has 1 aromatic rings. The molecule has 0 bridgehead atoms. The van der Waals surface area contributed by atoms with E-state index in [0.29, 0.717) is 13.0 Å². The molecule has 2 heterocycles. The zero-order valence-electron chi connectivity index (χ0n) is 9.18. The fourth-order valence-corrected chi connectivity index (χ4v) is 2.32. The van der Waals surface area contributed by atoms with E-state index in [1.54, 1.807) is 12.4 Å². The van der Waals surface area contributed by atoms with Gasteiger partial charge in [0.25, 0.3) is 0 Å². The predicted molar refractivity (Wildman–Crippen MR) is 59.0 cm³/mol. The van der Waals surface area contributed by atoms with E-state index < -0.39 is 11.6 Å². The standard InChI is InChI=1S/C11H15N3O2/c1-2-11(9-7-12-13-8-9)5-3-4-6-14(11)10(15)16/h3-4,7-8H,2,5-6H2,1H3,(H,12,13)(H,15,16). The fourth-order valence-electron chi connectivity index (χ4n) is 2.32. The van der Waals surface area contributed by atoms with Crippen LogP contribution in [0.5, 0.6) is 0 Å². The summed E-state index contributed by atoms with van der Waals surface area (Å²) in [6, 6.07) is 0. The quantitative estimate of drug-likeness (QED) is 0.750. The van der Waals surface area contributed by atoms with Crippen LogP contribution in [0.2, 0.25) is 0 Å². The summed E-state index contributed by atoms with van der Waals surface area (Å²) in [6.07, 6.45) is 7.97. The Kier molecular flexibility index (Phi) is 2.68. The number of amides is 1. The molecule has 0 radical (unpaired) electrons. The number of nitrogens with one attached hydrogen (secondary N) is 1. The van der Waals surface area contributed by atoms with Crippen LogP contribution in [0.15, 0.2) is 24.5 Å². The van der Waals surface area contributed by atoms with E-state index in [0.717, 1.165) is 12.0 Å². The van der Waals surface area contributed by atoms with Gasteiger partial charge in [0.2, 0.25) is 0 Å². The SMILES string of the molecule is CCC1(c2cn[nH]c2)CC=CCN1C(=O)O. The number of nitrogens with zero attached hydrogens (tertiary/aromatic N) is 2. The van der Waals surface area contributed by atoms with Gasteiger partial charge in [-0.15, -0.1) is 0 Å². The number of H-pyrrole nitrogens is 1. The predicted octanol–water partition coefficient (Wildman–Crippen LogP) is 1.95. The lowest BCUT2D eigenvalue weighted by molar-refractivity contribution is 0.0741. The van der Waals surface area contributed by atoms with Crippen molar-refractivity contribution in [2.24, 2.45) is 0 Å². The van der Waals surface area contributed by atoms with Crippen molar-refractivity contribution in [2.45, 2.75) is 25.3 Å². The van der Waals surface area contributed by atoms with Gasteiger partial charge in [0.05, 0.1) is 11.7 Å². The van der Waals surface area contributed by atoms with Gasteiger partial charge in [-0.2, -0.15) is 5.10 Å². The van der Waals surface area contributed by atoms with E-state index in [1.807, 2.05) is 19.1 Å². The molecule has 1 aromatic heterocycles. The zero-order valence-corrected chi connectivity index (χ0v) is 9.18. The van der Waals surface area contributed by atoms with Gasteiger partial charge in [0.15, 0.2) is 0 Å². The van der Waals surface area contributed by atoms with Gasteiger partial charge in [0, 0.05) is 18.3 Å². The van der Waals surface area contributed by atoms with E-state index in [4.69, 9.17) is 0 Å². The molecule has 0 fully saturated rings. The molecule has 0 saturated carbocycles. The zero-order chi connectivity index (χ0) is 11.6. The summed E-state index contributed by atoms with van der Waals surface area (Å²) in [6.45, 7) is 2.44. The minimum Gasteiger partial charge on any atom is -0.465 e. The number of rotatable bonds is 2. The molecule has 86 valence electrons. The Balaban J connectivity index is 2.45. The molecule has 2 N–H and O–H groups in total. The van der Waals surface area contributed by atoms with Crippen LogP contribution in [0.4, 0.5) is 4.79 Å². The fraction of sp³-hybridized carbons (Fsp3) is 0.455. The molecule has 1 unspecified atom stereocenters. The summed E-state index contributed by atoms with van der Waals surface area (Å²) >= 11 is 0. The van der Waals surface area contributed by atoms with Crippen molar-refractivity contribution in [2.75, 3.05) is 6.54 Å². The van der Waals surface area contributed by atoms with Crippen LogP contribution in [-0.4, -0.2) is 32.8 Å². The van der Waals surface area contributed by atoms with Crippen LogP contribution >= 0.6 is 0 Å². The Morgan fingerprint density at radius 3 is 3.06 bits per heavy atom. The van der Waals surface area contributed by atoms with Crippen molar-refractivity contribution in [3.05, 3.63) is 30.1 Å². The third kappa shape index (κ3) is 1.48. The first kappa shape index (κ1) is 10.7. The molecule has 16 heavy (non-hydrogen) atoms. The van der Waals surface area contributed by atoms with Crippen molar-refractivity contribution < 1.29 is 9.90 Å². The highest BCUT2D eigenvalue weighted by molar-refractivity contribution is 5.67. The van der Waals surface area contributed by atoms with Gasteiger partial charge in [-0.25, -0.2) is 4.79 Å². The Bertz CT molecular complexity index is 399. The lowest BCUT2D eigenvalue weighted by Gasteiger charge is -2.42. The van der Waals surface area contributed by atoms with Gasteiger partial charge in [-0.3, -0.25) is 10.00 Å². The Hall–Kier alpha value is -1.78. The van der Waals surface area contributed by atoms with Gasteiger partial charge in [-0.1, -0.05) is 19.1 Å². The average Bonchev–Trinajstić information content (AvgIpc) is 2.82. The van der Waals surface area contributed by atoms with Crippen molar-refractivity contribution in [1.82, 2.24) is 15.1 Å². The van der Waals surface area contributed by atoms with Crippen molar-refractivity contribution in [3.63, 3.8) is 0 Å². The Labute approximate surface area is 93.8 Å². The maximum Gasteiger partial charge on any atom is 0.408 e. The number of hydrogen-bond acceptors (Lipinski definition) is 2. The first-order valence-corrected chi connectivity index (χ1v) is 5.35. The molecule has 1 aliphatic heterocycles. The summed E-state index contributed by atoms with van der Waals surface area (Å²) in [4.78, 5) is 12.8. The van der Waals surface area contributed by atoms with Crippen LogP contribution in [0.1, 0.15) is 25.3 Å². The lowest BCUT2D eigenvalue weighted by atomic mass is 9.82. The number of carboxylic acid groups (broad SMARTS) is 1. The largest absolute Gasteiger partial charge is 0.465 e. The maximum atomic E-state index is 11.3. The minimum absolute atomic E-state index is 0.439. The second kappa shape index (κ2) is 4.00. The molecule has 2 rings (SSSR count). The van der Waals surface area contributed by atoms with Crippen LogP contribution in [0.3, 0.4) is 0 Å². The molecule has 5 nitrogen and oxygen atoms in total. The molecular formula is C11H15N3O2. The highest BCUT2D eigenvalue weighted by atomic mass is 16.4. The van der Waals surface area contributed by atoms with Crippen LogP contribution in [0, 0.1) is 0 Å². The molecular weight excluding hydrogens is 206 g/mol. The van der Waals surface area contributed by atoms with Gasteiger partial charge >= 0.3 is 6.09 Å². The molecule has 1 amide bonds. The Morgan fingerprint density at radius 1 is 1.69 bits per heavy atom. The second-order valence-electron chi connectivity index (χ2n) is 3.94. The van der Waals surface area contributed by atoms with E-state index in [-0.39, 0.29) is 0 Å². The van der Waals surface area contributed by atoms with E-state index in [1.165, 1.54) is 4.90 Å². The first-order chi connectivity index (χ1) is 7.70. The third-order valence-electron chi connectivity index (χ3n) is 3.28. The molecule has 0 aromatic carbocycles. The van der Waals surface area contributed by atoms with Crippen LogP contribution in [-0.2, 0) is 5.54 Å². The molecule has 5 heteroatoms. The summed E-state index contributed by atoms with van der Waals surface area (Å²) < 4.78 is 0. The smallest absolute Gasteiger partial charge is 0.408 e. The maximum absolute atomic E-state index is 11.3. The number of hydrogen-bond donors (Lipinski definition) is 2. The van der Waals surface area contributed by atoms with E-state index >= 15 is 0 Å². The average molecular weight is 221 g/mol. The van der Waals surface area contributed by atoms with Crippen molar-refractivity contribution in [3.8, 4) is 0 Å². The normalized spacial score (nSPS) is 24.7. The number of carbonyl (C=O) groups is 1. The molecule has 1 aliphatic rings. The first-order valence-electron chi connectivity index (χ1n) is 5.35. The molecule has 0 saturated heterocycles. The van der Waals surface area contributed by atoms with Gasteiger partial charge in [0.1, 0.15) is 0 Å². The topological polar surface area (TPSA) is 69.2 Å². The molecule has 0 aliphatic carbocycles. The summed E-state index contributed by atoms with van der Waals surface area (Å²) in [5.41, 5.74) is 0.467. The summed E-state index contributed by atoms with van der Waals surface area (Å²) in [7, 11) is 0. The second-order valence-corrected chi connectivity index (χ2v) is 3.94. The lowest BCUT2D eigenvalue weighted by Crippen LogP contribution is -2.50. The van der Waals surface area contributed by atoms with Gasteiger partial charge < -0.3 is 5.11 Å². The minimum atomic E-state index is -0.882. The molecule has 0 spiro atoms. The highest BCUT2D eigenvalue weighted by Crippen LogP contribution is 2.37. The van der Waals surface area contributed by atoms with Crippen LogP contribution in [0.25, 0.3) is 0 Å². The third-order valence-corrected chi connectivity index (χ3v) is 3.28. The van der Waals surface area contributed by atoms with Crippen molar-refractivity contribution in [1.29, 1.82) is 0 Å². The summed E-state index contributed by atoms with van der Waals surface area (Å²) in [5, 5.41) is 15.9.